The third kappa shape index (κ3) is 3.17. The molecule has 3 aliphatic heterocycles. The first kappa shape index (κ1) is 17.9. The van der Waals surface area contributed by atoms with Crippen LogP contribution in [0.2, 0.25) is 0 Å². The van der Waals surface area contributed by atoms with Crippen LogP contribution in [0.25, 0.3) is 0 Å². The zero-order valence-corrected chi connectivity index (χ0v) is 17.0. The minimum atomic E-state index is -1.41. The molecule has 0 saturated carbocycles. The first-order valence-corrected chi connectivity index (χ1v) is 10.7. The van der Waals surface area contributed by atoms with Crippen LogP contribution in [-0.4, -0.2) is 67.0 Å². The summed E-state index contributed by atoms with van der Waals surface area (Å²) in [5.41, 5.74) is 0. The van der Waals surface area contributed by atoms with Gasteiger partial charge in [0.05, 0.1) is 0 Å². The fourth-order valence-electron chi connectivity index (χ4n) is 3.56. The van der Waals surface area contributed by atoms with E-state index in [9.17, 15) is 4.79 Å². The summed E-state index contributed by atoms with van der Waals surface area (Å²) in [4.78, 5) is 13.2. The molecule has 1 aromatic carbocycles. The molecule has 0 unspecified atom stereocenters. The number of carbonyl (C=O) groups excluding carboxylic acids is 1. The fraction of sp³-hybridized carbons (Fsp3) is 0.611. The van der Waals surface area contributed by atoms with Gasteiger partial charge in [-0.3, -0.25) is 0 Å². The van der Waals surface area contributed by atoms with Crippen molar-refractivity contribution in [2.75, 3.05) is 6.61 Å². The first-order chi connectivity index (χ1) is 11.7. The molecule has 4 atom stereocenters. The van der Waals surface area contributed by atoms with Crippen LogP contribution in [0.3, 0.4) is 0 Å². The Morgan fingerprint density at radius 1 is 1.04 bits per heavy atom. The van der Waals surface area contributed by atoms with Crippen molar-refractivity contribution in [2.45, 2.75) is 63.4 Å². The van der Waals surface area contributed by atoms with Crippen LogP contribution in [0.5, 0.6) is 0 Å². The van der Waals surface area contributed by atoms with Crippen LogP contribution in [0.1, 0.15) is 27.7 Å². The Labute approximate surface area is 157 Å². The molecule has 0 radical (unpaired) electrons. The van der Waals surface area contributed by atoms with Crippen LogP contribution in [0.4, 0.5) is 0 Å². The summed E-state index contributed by atoms with van der Waals surface area (Å²) in [6.07, 6.45) is -1.29. The number of hydrogen-bond acceptors (Lipinski definition) is 6. The summed E-state index contributed by atoms with van der Waals surface area (Å²) in [5, 5.41) is 0. The van der Waals surface area contributed by atoms with Crippen molar-refractivity contribution in [3.05, 3.63) is 30.3 Å². The monoisotopic (exact) mass is 464 g/mol. The van der Waals surface area contributed by atoms with Crippen LogP contribution >= 0.6 is 0 Å². The van der Waals surface area contributed by atoms with Crippen LogP contribution in [-0.2, 0) is 28.5 Å². The van der Waals surface area contributed by atoms with Gasteiger partial charge in [0.2, 0.25) is 0 Å². The Morgan fingerprint density at radius 3 is 2.48 bits per heavy atom. The van der Waals surface area contributed by atoms with Crippen LogP contribution in [0, 0.1) is 0 Å². The standard InChI is InChI=1S/C18H22O6Te/c1-16(2)21-12-10-20-18(15(19)25-11-8-6-5-7-9-11)14(13(12)22-16)23-17(3,4)24-18/h5-9,12-14H,10H2,1-4H3/t12-,13-,14+,18-/m1/s1. The van der Waals surface area contributed by atoms with E-state index in [-0.39, 0.29) is 16.5 Å². The van der Waals surface area contributed by atoms with Gasteiger partial charge in [0, 0.05) is 0 Å². The molecule has 0 amide bonds. The molecule has 3 heterocycles. The Morgan fingerprint density at radius 2 is 1.76 bits per heavy atom. The molecule has 3 aliphatic rings. The van der Waals surface area contributed by atoms with Crippen molar-refractivity contribution >= 4 is 28.4 Å². The molecule has 3 fully saturated rings. The van der Waals surface area contributed by atoms with Gasteiger partial charge in [0.25, 0.3) is 0 Å². The summed E-state index contributed by atoms with van der Waals surface area (Å²) >= 11 is -1.17. The van der Waals surface area contributed by atoms with Crippen molar-refractivity contribution in [1.82, 2.24) is 0 Å². The van der Waals surface area contributed by atoms with Gasteiger partial charge in [-0.2, -0.15) is 0 Å². The van der Waals surface area contributed by atoms with Gasteiger partial charge in [-0.25, -0.2) is 0 Å². The molecule has 0 bridgehead atoms. The average molecular weight is 462 g/mol. The number of ether oxygens (including phenoxy) is 5. The van der Waals surface area contributed by atoms with Crippen molar-refractivity contribution in [1.29, 1.82) is 0 Å². The molecule has 0 N–H and O–H groups in total. The van der Waals surface area contributed by atoms with Gasteiger partial charge in [-0.1, -0.05) is 0 Å². The zero-order chi connectivity index (χ0) is 17.9. The Bertz CT molecular complexity index is 675. The van der Waals surface area contributed by atoms with E-state index in [0.29, 0.717) is 0 Å². The van der Waals surface area contributed by atoms with E-state index in [1.54, 1.807) is 13.8 Å². The van der Waals surface area contributed by atoms with Gasteiger partial charge < -0.3 is 0 Å². The summed E-state index contributed by atoms with van der Waals surface area (Å²) in [7, 11) is 0. The topological polar surface area (TPSA) is 63.2 Å². The van der Waals surface area contributed by atoms with E-state index < -0.39 is 50.5 Å². The van der Waals surface area contributed by atoms with E-state index in [1.165, 1.54) is 0 Å². The normalized spacial score (nSPS) is 38.2. The van der Waals surface area contributed by atoms with Crippen molar-refractivity contribution in [3.63, 3.8) is 0 Å². The van der Waals surface area contributed by atoms with Gasteiger partial charge in [-0.15, -0.1) is 0 Å². The van der Waals surface area contributed by atoms with Gasteiger partial charge in [0.15, 0.2) is 0 Å². The van der Waals surface area contributed by atoms with E-state index in [2.05, 4.69) is 0 Å². The van der Waals surface area contributed by atoms with Gasteiger partial charge in [-0.05, 0) is 0 Å². The summed E-state index contributed by atoms with van der Waals surface area (Å²) in [5.74, 6) is -3.06. The van der Waals surface area contributed by atoms with Crippen LogP contribution in [0.15, 0.2) is 30.3 Å². The second kappa shape index (κ2) is 6.00. The first-order valence-electron chi connectivity index (χ1n) is 8.36. The Hall–Kier alpha value is -0.520. The second-order valence-corrected chi connectivity index (χ2v) is 10.3. The van der Waals surface area contributed by atoms with E-state index in [4.69, 9.17) is 23.7 Å². The van der Waals surface area contributed by atoms with Gasteiger partial charge in [0.1, 0.15) is 0 Å². The molecular weight excluding hydrogens is 440 g/mol. The van der Waals surface area contributed by atoms with E-state index in [0.717, 1.165) is 3.61 Å². The van der Waals surface area contributed by atoms with E-state index in [1.807, 2.05) is 44.2 Å². The molecule has 1 aromatic rings. The Kier molecular flexibility index (Phi) is 4.29. The predicted octanol–water partition coefficient (Wildman–Crippen LogP) is 0.941. The minimum absolute atomic E-state index is 0.0357. The SMILES string of the molecule is CC1(C)O[C@@H]2[C@@H](CO[C@@]3(C(=O)[Te]c4ccccc4)OC(C)(C)O[C@@H]23)O1. The van der Waals surface area contributed by atoms with Crippen LogP contribution < -0.4 is 3.61 Å². The summed E-state index contributed by atoms with van der Waals surface area (Å²) in [6, 6.07) is 9.75. The molecule has 0 aromatic heterocycles. The second-order valence-electron chi connectivity index (χ2n) is 7.36. The summed E-state index contributed by atoms with van der Waals surface area (Å²) in [6.45, 7) is 7.55. The number of benzene rings is 1. The summed E-state index contributed by atoms with van der Waals surface area (Å²) < 4.78 is 31.1. The fourth-order valence-corrected chi connectivity index (χ4v) is 6.04. The molecule has 6 nitrogen and oxygen atoms in total. The van der Waals surface area contributed by atoms with E-state index >= 15 is 0 Å². The molecule has 25 heavy (non-hydrogen) atoms. The number of fused-ring (bicyclic) bond motifs is 3. The molecule has 0 spiro atoms. The number of carbonyl (C=O) groups is 1. The predicted molar refractivity (Wildman–Crippen MR) is 89.4 cm³/mol. The number of hydrogen-bond donors (Lipinski definition) is 0. The Balaban J connectivity index is 1.65. The van der Waals surface area contributed by atoms with Crippen molar-refractivity contribution in [2.24, 2.45) is 0 Å². The maximum absolute atomic E-state index is 13.2. The molecule has 0 aliphatic carbocycles. The van der Waals surface area contributed by atoms with Gasteiger partial charge >= 0.3 is 157 Å². The van der Waals surface area contributed by atoms with Crippen molar-refractivity contribution in [3.8, 4) is 0 Å². The van der Waals surface area contributed by atoms with Crippen molar-refractivity contribution < 1.29 is 28.5 Å². The average Bonchev–Trinajstić information content (AvgIpc) is 3.00. The quantitative estimate of drug-likeness (QED) is 0.624. The molecular formula is C18H22O6Te. The number of rotatable bonds is 3. The third-order valence-corrected chi connectivity index (χ3v) is 7.19. The third-order valence-electron chi connectivity index (χ3n) is 4.40. The zero-order valence-electron chi connectivity index (χ0n) is 14.7. The maximum atomic E-state index is 13.2. The molecule has 4 rings (SSSR count). The molecule has 136 valence electrons. The molecule has 7 heteroatoms. The molecule has 3 saturated heterocycles.